The predicted octanol–water partition coefficient (Wildman–Crippen LogP) is 4.98. The molecule has 0 saturated heterocycles. The summed E-state index contributed by atoms with van der Waals surface area (Å²) in [4.78, 5) is 15.3. The van der Waals surface area contributed by atoms with Gasteiger partial charge in [-0.25, -0.2) is 17.2 Å². The summed E-state index contributed by atoms with van der Waals surface area (Å²) in [5.74, 6) is -3.54. The van der Waals surface area contributed by atoms with Gasteiger partial charge in [-0.2, -0.15) is 0 Å². The molecule has 3 aliphatic carbocycles. The Morgan fingerprint density at radius 1 is 1.11 bits per heavy atom. The molecule has 1 amide bonds. The van der Waals surface area contributed by atoms with E-state index >= 15 is 0 Å². The number of aliphatic hydroxyl groups excluding tert-OH is 1. The first-order valence-corrected chi connectivity index (χ1v) is 14.4. The van der Waals surface area contributed by atoms with Crippen LogP contribution >= 0.6 is 0 Å². The van der Waals surface area contributed by atoms with Crippen molar-refractivity contribution in [2.45, 2.75) is 68.8 Å². The lowest BCUT2D eigenvalue weighted by Crippen LogP contribution is -2.40. The third kappa shape index (κ3) is 4.12. The van der Waals surface area contributed by atoms with Crippen LogP contribution in [0.4, 0.5) is 20.2 Å². The summed E-state index contributed by atoms with van der Waals surface area (Å²) < 4.78 is 58.4. The van der Waals surface area contributed by atoms with Gasteiger partial charge in [-0.05, 0) is 79.8 Å². The number of anilines is 2. The number of sulfonamides is 1. The number of nitrogens with one attached hydrogen (secondary N) is 1. The van der Waals surface area contributed by atoms with E-state index in [0.717, 1.165) is 43.2 Å². The zero-order valence-electron chi connectivity index (χ0n) is 20.1. The Kier molecular flexibility index (Phi) is 5.16. The Morgan fingerprint density at radius 3 is 2.39 bits per heavy atom. The third-order valence-corrected chi connectivity index (χ3v) is 9.40. The summed E-state index contributed by atoms with van der Waals surface area (Å²) >= 11 is 0. The Bertz CT molecular complexity index is 1320. The molecule has 194 valence electrons. The van der Waals surface area contributed by atoms with Crippen molar-refractivity contribution in [1.29, 1.82) is 0 Å². The van der Waals surface area contributed by atoms with Crippen molar-refractivity contribution < 1.29 is 31.5 Å². The highest BCUT2D eigenvalue weighted by molar-refractivity contribution is 7.92. The number of furan rings is 1. The molecular formula is C26H30F2N2O5S. The van der Waals surface area contributed by atoms with E-state index in [1.165, 1.54) is 25.0 Å². The average molecular weight is 521 g/mol. The fourth-order valence-electron chi connectivity index (χ4n) is 6.41. The minimum absolute atomic E-state index is 0.0472. The molecule has 4 aliphatic rings. The molecule has 0 radical (unpaired) electrons. The highest BCUT2D eigenvalue weighted by Crippen LogP contribution is 2.62. The fraction of sp³-hybridized carbons (Fsp3) is 0.577. The maximum Gasteiger partial charge on any atom is 0.294 e. The molecule has 1 aromatic carbocycles. The van der Waals surface area contributed by atoms with E-state index in [-0.39, 0.29) is 22.8 Å². The molecule has 2 aromatic rings. The van der Waals surface area contributed by atoms with Crippen molar-refractivity contribution in [3.05, 3.63) is 47.4 Å². The van der Waals surface area contributed by atoms with E-state index in [2.05, 4.69) is 4.72 Å². The maximum absolute atomic E-state index is 13.6. The minimum Gasteiger partial charge on any atom is -0.453 e. The highest BCUT2D eigenvalue weighted by atomic mass is 32.2. The third-order valence-electron chi connectivity index (χ3n) is 8.79. The molecule has 2 spiro atoms. The summed E-state index contributed by atoms with van der Waals surface area (Å²) in [6.07, 6.45) is 5.64. The zero-order chi connectivity index (χ0) is 25.5. The number of benzene rings is 1. The minimum atomic E-state index is -3.45. The van der Waals surface area contributed by atoms with E-state index in [1.807, 2.05) is 6.07 Å². The standard InChI is InChI=1S/C26H30F2N2O5S/c1-36(33,34)29-17-2-3-19-18(12-17)25(10-8-24(6-7-24)9-11-25)15-30(19)23(32)21-5-4-20(35-21)22(31)16-13-26(27,28)14-16/h2-5,12,16,22,29,31H,6-11,13-15H2,1H3. The van der Waals surface area contributed by atoms with Crippen molar-refractivity contribution in [1.82, 2.24) is 0 Å². The molecule has 1 atom stereocenters. The maximum atomic E-state index is 13.6. The van der Waals surface area contributed by atoms with Crippen LogP contribution in [0.2, 0.25) is 0 Å². The number of hydrogen-bond acceptors (Lipinski definition) is 5. The Morgan fingerprint density at radius 2 is 1.78 bits per heavy atom. The molecule has 3 saturated carbocycles. The number of carbonyl (C=O) groups excluding carboxylic acids is 1. The number of halogens is 2. The van der Waals surface area contributed by atoms with Crippen LogP contribution in [0.5, 0.6) is 0 Å². The summed E-state index contributed by atoms with van der Waals surface area (Å²) in [5.41, 5.74) is 2.33. The largest absolute Gasteiger partial charge is 0.453 e. The van der Waals surface area contributed by atoms with Crippen LogP contribution in [0.25, 0.3) is 0 Å². The summed E-state index contributed by atoms with van der Waals surface area (Å²) in [5, 5.41) is 10.5. The van der Waals surface area contributed by atoms with Gasteiger partial charge in [-0.1, -0.05) is 0 Å². The molecule has 1 aromatic heterocycles. The second-order valence-corrected chi connectivity index (χ2v) is 13.2. The first kappa shape index (κ1) is 23.9. The summed E-state index contributed by atoms with van der Waals surface area (Å²) in [7, 11) is -3.45. The topological polar surface area (TPSA) is 99.9 Å². The Labute approximate surface area is 208 Å². The van der Waals surface area contributed by atoms with E-state index < -0.39 is 40.8 Å². The van der Waals surface area contributed by atoms with Gasteiger partial charge in [-0.15, -0.1) is 0 Å². The summed E-state index contributed by atoms with van der Waals surface area (Å²) in [6, 6.07) is 8.24. The van der Waals surface area contributed by atoms with E-state index in [1.54, 1.807) is 17.0 Å². The molecule has 1 aliphatic heterocycles. The SMILES string of the molecule is CS(=O)(=O)Nc1ccc2c(c1)C1(CCC3(CC3)CC1)CN2C(=O)c1ccc(C(O)C2CC(F)(F)C2)o1. The van der Waals surface area contributed by atoms with Gasteiger partial charge in [0.25, 0.3) is 5.91 Å². The number of alkyl halides is 2. The van der Waals surface area contributed by atoms with Crippen LogP contribution in [-0.4, -0.2) is 38.2 Å². The molecule has 2 N–H and O–H groups in total. The van der Waals surface area contributed by atoms with Crippen molar-refractivity contribution >= 4 is 27.3 Å². The first-order chi connectivity index (χ1) is 16.9. The van der Waals surface area contributed by atoms with Crippen molar-refractivity contribution in [2.24, 2.45) is 11.3 Å². The van der Waals surface area contributed by atoms with Gasteiger partial charge >= 0.3 is 0 Å². The molecule has 1 unspecified atom stereocenters. The van der Waals surface area contributed by atoms with Crippen LogP contribution in [0.15, 0.2) is 34.7 Å². The highest BCUT2D eigenvalue weighted by Gasteiger charge is 2.54. The zero-order valence-corrected chi connectivity index (χ0v) is 20.9. The van der Waals surface area contributed by atoms with Gasteiger partial charge in [0.05, 0.1) is 6.26 Å². The van der Waals surface area contributed by atoms with E-state index in [9.17, 15) is 27.1 Å². The number of fused-ring (bicyclic) bond motifs is 2. The predicted molar refractivity (Wildman–Crippen MR) is 130 cm³/mol. The van der Waals surface area contributed by atoms with Crippen LogP contribution in [0.3, 0.4) is 0 Å². The smallest absolute Gasteiger partial charge is 0.294 e. The van der Waals surface area contributed by atoms with Crippen LogP contribution in [0, 0.1) is 11.3 Å². The van der Waals surface area contributed by atoms with Gasteiger partial charge in [0.15, 0.2) is 5.76 Å². The van der Waals surface area contributed by atoms with Crippen molar-refractivity contribution in [3.8, 4) is 0 Å². The molecule has 10 heteroatoms. The molecule has 3 fully saturated rings. The monoisotopic (exact) mass is 520 g/mol. The normalized spacial score (nSPS) is 24.4. The van der Waals surface area contributed by atoms with Gasteiger partial charge in [0, 0.05) is 42.1 Å². The number of amides is 1. The van der Waals surface area contributed by atoms with Crippen molar-refractivity contribution in [2.75, 3.05) is 22.4 Å². The fourth-order valence-corrected chi connectivity index (χ4v) is 6.97. The molecule has 7 nitrogen and oxygen atoms in total. The number of rotatable bonds is 5. The average Bonchev–Trinajstić information content (AvgIpc) is 3.24. The molecule has 6 rings (SSSR count). The molecular weight excluding hydrogens is 490 g/mol. The quantitative estimate of drug-likeness (QED) is 0.579. The molecule has 36 heavy (non-hydrogen) atoms. The summed E-state index contributed by atoms with van der Waals surface area (Å²) in [6.45, 7) is 0.465. The lowest BCUT2D eigenvalue weighted by Gasteiger charge is -2.38. The van der Waals surface area contributed by atoms with E-state index in [4.69, 9.17) is 4.42 Å². The second kappa shape index (κ2) is 7.77. The number of aliphatic hydroxyl groups is 1. The molecule has 0 bridgehead atoms. The number of carbonyl (C=O) groups is 1. The lowest BCUT2D eigenvalue weighted by molar-refractivity contribution is -0.145. The Hall–Kier alpha value is -2.46. The van der Waals surface area contributed by atoms with Crippen molar-refractivity contribution in [3.63, 3.8) is 0 Å². The van der Waals surface area contributed by atoms with Crippen LogP contribution in [-0.2, 0) is 15.4 Å². The first-order valence-electron chi connectivity index (χ1n) is 12.5. The molecule has 2 heterocycles. The van der Waals surface area contributed by atoms with Gasteiger partial charge in [0.1, 0.15) is 11.9 Å². The number of hydrogen-bond donors (Lipinski definition) is 2. The van der Waals surface area contributed by atoms with Crippen LogP contribution in [0.1, 0.15) is 79.3 Å². The lowest BCUT2D eigenvalue weighted by atomic mass is 9.66. The van der Waals surface area contributed by atoms with Gasteiger partial charge in [0.2, 0.25) is 15.9 Å². The Balaban J connectivity index is 1.28. The van der Waals surface area contributed by atoms with Crippen LogP contribution < -0.4 is 9.62 Å². The second-order valence-electron chi connectivity index (χ2n) is 11.4. The van der Waals surface area contributed by atoms with Gasteiger partial charge < -0.3 is 14.4 Å². The number of nitrogens with zero attached hydrogens (tertiary/aromatic N) is 1. The van der Waals surface area contributed by atoms with E-state index in [0.29, 0.717) is 17.6 Å². The van der Waals surface area contributed by atoms with Gasteiger partial charge in [-0.3, -0.25) is 9.52 Å².